The Labute approximate surface area is 217 Å². The van der Waals surface area contributed by atoms with Gasteiger partial charge in [0.2, 0.25) is 5.82 Å². The van der Waals surface area contributed by atoms with Gasteiger partial charge in [-0.15, -0.1) is 10.2 Å². The lowest BCUT2D eigenvalue weighted by molar-refractivity contribution is -0.193. The number of carbonyl (C=O) groups excluding carboxylic acids is 1. The highest BCUT2D eigenvalue weighted by Gasteiger charge is 2.40. The lowest BCUT2D eigenvalue weighted by Crippen LogP contribution is -2.44. The minimum Gasteiger partial charge on any atom is -0.475 e. The summed E-state index contributed by atoms with van der Waals surface area (Å²) in [6.07, 6.45) is -3.98. The Morgan fingerprint density at radius 3 is 2.00 bits per heavy atom. The minimum atomic E-state index is -5.08. The molecular weight excluding hydrogens is 542 g/mol. The fourth-order valence-corrected chi connectivity index (χ4v) is 4.07. The van der Waals surface area contributed by atoms with E-state index in [-0.39, 0.29) is 11.3 Å². The molecule has 17 heteroatoms. The molecule has 0 saturated carbocycles. The molecule has 1 fully saturated rings. The molecule has 0 bridgehead atoms. The highest BCUT2D eigenvalue weighted by molar-refractivity contribution is 5.90. The van der Waals surface area contributed by atoms with Crippen molar-refractivity contribution >= 4 is 17.8 Å². The number of alkyl halides is 6. The summed E-state index contributed by atoms with van der Waals surface area (Å²) >= 11 is 0. The number of amides is 1. The number of hydrogen-bond donors (Lipinski definition) is 3. The molecule has 11 nitrogen and oxygen atoms in total. The maximum Gasteiger partial charge on any atom is 0.490 e. The summed E-state index contributed by atoms with van der Waals surface area (Å²) in [5.41, 5.74) is 1.39. The zero-order valence-corrected chi connectivity index (χ0v) is 20.6. The van der Waals surface area contributed by atoms with Gasteiger partial charge in [0, 0.05) is 32.8 Å². The van der Waals surface area contributed by atoms with Gasteiger partial charge in [-0.3, -0.25) is 14.7 Å². The van der Waals surface area contributed by atoms with Gasteiger partial charge in [0.25, 0.3) is 5.91 Å². The summed E-state index contributed by atoms with van der Waals surface area (Å²) in [5.74, 6) is -4.27. The largest absolute Gasteiger partial charge is 0.490 e. The van der Waals surface area contributed by atoms with Crippen LogP contribution in [0.15, 0.2) is 24.4 Å². The van der Waals surface area contributed by atoms with Gasteiger partial charge in [-0.25, -0.2) is 9.59 Å². The average Bonchev–Trinajstić information content (AvgIpc) is 3.28. The van der Waals surface area contributed by atoms with Crippen molar-refractivity contribution in [3.8, 4) is 0 Å². The molecule has 0 unspecified atom stereocenters. The highest BCUT2D eigenvalue weighted by Crippen LogP contribution is 2.41. The molecule has 2 aliphatic heterocycles. The number of nitrogens with zero attached hydrogens (tertiary/aromatic N) is 5. The van der Waals surface area contributed by atoms with E-state index in [1.807, 2.05) is 22.9 Å². The van der Waals surface area contributed by atoms with Crippen molar-refractivity contribution in [3.05, 3.63) is 41.7 Å². The number of likely N-dealkylation sites (tertiary alicyclic amines) is 1. The van der Waals surface area contributed by atoms with Gasteiger partial charge in [-0.2, -0.15) is 26.3 Å². The van der Waals surface area contributed by atoms with Crippen LogP contribution in [0.5, 0.6) is 0 Å². The van der Waals surface area contributed by atoms with E-state index in [1.54, 1.807) is 7.05 Å². The zero-order valence-electron chi connectivity index (χ0n) is 20.6. The maximum absolute atomic E-state index is 12.0. The standard InChI is InChI=1S/C18H24N6O.2C2HF3O2/c1-19-17(25)16-22-21-15-5-6-18(13-24(15)16)7-10-23(11-8-18)12-14-4-2-3-9-20-14;2*3-2(4,5)1(6)7/h2-4,9H,5-8,10-13H2,1H3,(H,19,25);2*(H,6,7). The number of fused-ring (bicyclic) bond motifs is 1. The Hall–Kier alpha value is -3.76. The molecule has 0 atom stereocenters. The first-order chi connectivity index (χ1) is 18.1. The van der Waals surface area contributed by atoms with E-state index in [0.29, 0.717) is 5.82 Å². The van der Waals surface area contributed by atoms with Gasteiger partial charge in [-0.05, 0) is 49.9 Å². The minimum absolute atomic E-state index is 0.150. The fraction of sp³-hybridized carbons (Fsp3) is 0.545. The molecule has 3 N–H and O–H groups in total. The van der Waals surface area contributed by atoms with Gasteiger partial charge in [-0.1, -0.05) is 6.07 Å². The van der Waals surface area contributed by atoms with Crippen LogP contribution >= 0.6 is 0 Å². The number of aromatic nitrogens is 4. The number of carboxylic acid groups (broad SMARTS) is 2. The number of aliphatic carboxylic acids is 2. The quantitative estimate of drug-likeness (QED) is 0.475. The Balaban J connectivity index is 0.000000317. The first-order valence-electron chi connectivity index (χ1n) is 11.4. The number of pyridine rings is 1. The van der Waals surface area contributed by atoms with Gasteiger partial charge in [0.05, 0.1) is 5.69 Å². The monoisotopic (exact) mass is 568 g/mol. The van der Waals surface area contributed by atoms with Crippen LogP contribution in [0.25, 0.3) is 0 Å². The van der Waals surface area contributed by atoms with E-state index >= 15 is 0 Å². The van der Waals surface area contributed by atoms with Crippen LogP contribution in [0, 0.1) is 5.41 Å². The van der Waals surface area contributed by atoms with Crippen LogP contribution in [-0.2, 0) is 29.1 Å². The summed E-state index contributed by atoms with van der Waals surface area (Å²) in [4.78, 5) is 36.7. The summed E-state index contributed by atoms with van der Waals surface area (Å²) in [5, 5.41) is 25.2. The van der Waals surface area contributed by atoms with E-state index < -0.39 is 24.3 Å². The summed E-state index contributed by atoms with van der Waals surface area (Å²) in [7, 11) is 1.64. The van der Waals surface area contributed by atoms with Crippen LogP contribution < -0.4 is 5.32 Å². The van der Waals surface area contributed by atoms with E-state index in [0.717, 1.165) is 63.4 Å². The Bertz CT molecular complexity index is 1110. The van der Waals surface area contributed by atoms with Gasteiger partial charge >= 0.3 is 24.3 Å². The molecule has 2 aliphatic rings. The molecule has 0 radical (unpaired) electrons. The Morgan fingerprint density at radius 1 is 0.974 bits per heavy atom. The van der Waals surface area contributed by atoms with Crippen molar-refractivity contribution in [3.63, 3.8) is 0 Å². The first-order valence-corrected chi connectivity index (χ1v) is 11.4. The van der Waals surface area contributed by atoms with Crippen LogP contribution in [-0.4, -0.2) is 85.2 Å². The van der Waals surface area contributed by atoms with Crippen molar-refractivity contribution in [2.75, 3.05) is 20.1 Å². The predicted octanol–water partition coefficient (Wildman–Crippen LogP) is 2.53. The molecule has 39 heavy (non-hydrogen) atoms. The number of rotatable bonds is 3. The molecule has 2 aromatic heterocycles. The molecule has 216 valence electrons. The third-order valence-corrected chi connectivity index (χ3v) is 6.14. The van der Waals surface area contributed by atoms with Crippen LogP contribution in [0.3, 0.4) is 0 Å². The first kappa shape index (κ1) is 31.5. The number of nitrogens with one attached hydrogen (secondary N) is 1. The number of carbonyl (C=O) groups is 3. The van der Waals surface area contributed by atoms with Crippen molar-refractivity contribution in [2.45, 2.75) is 51.1 Å². The second-order valence-electron chi connectivity index (χ2n) is 8.81. The van der Waals surface area contributed by atoms with Gasteiger partial charge < -0.3 is 20.1 Å². The lowest BCUT2D eigenvalue weighted by atomic mass is 9.73. The van der Waals surface area contributed by atoms with E-state index in [9.17, 15) is 31.1 Å². The average molecular weight is 568 g/mol. The second kappa shape index (κ2) is 12.9. The SMILES string of the molecule is CNC(=O)c1nnc2n1CC1(CC2)CCN(Cc2ccccn2)CC1.O=C(O)C(F)(F)F.O=C(O)C(F)(F)F. The Morgan fingerprint density at radius 2 is 1.54 bits per heavy atom. The normalized spacial score (nSPS) is 16.6. The predicted molar refractivity (Wildman–Crippen MR) is 120 cm³/mol. The fourth-order valence-electron chi connectivity index (χ4n) is 4.07. The third kappa shape index (κ3) is 9.19. The van der Waals surface area contributed by atoms with Gasteiger partial charge in [0.15, 0.2) is 0 Å². The molecule has 4 heterocycles. The highest BCUT2D eigenvalue weighted by atomic mass is 19.4. The van der Waals surface area contributed by atoms with Crippen molar-refractivity contribution < 1.29 is 50.9 Å². The number of hydrogen-bond acceptors (Lipinski definition) is 7. The number of aryl methyl sites for hydroxylation is 1. The molecule has 1 spiro atoms. The van der Waals surface area contributed by atoms with Crippen LogP contribution in [0.4, 0.5) is 26.3 Å². The third-order valence-electron chi connectivity index (χ3n) is 6.14. The summed E-state index contributed by atoms with van der Waals surface area (Å²) in [6, 6.07) is 6.09. The number of halogens is 6. The van der Waals surface area contributed by atoms with Crippen molar-refractivity contribution in [1.82, 2.24) is 30.0 Å². The molecular formula is C22H26F6N6O5. The molecule has 1 saturated heterocycles. The molecule has 2 aromatic rings. The molecule has 0 aliphatic carbocycles. The van der Waals surface area contributed by atoms with Crippen LogP contribution in [0.1, 0.15) is 41.4 Å². The van der Waals surface area contributed by atoms with E-state index in [2.05, 4.69) is 31.5 Å². The Kier molecular flexibility index (Phi) is 10.4. The number of piperidine rings is 1. The van der Waals surface area contributed by atoms with E-state index in [4.69, 9.17) is 19.8 Å². The topological polar surface area (TPSA) is 151 Å². The van der Waals surface area contributed by atoms with Crippen LogP contribution in [0.2, 0.25) is 0 Å². The molecule has 1 amide bonds. The number of carboxylic acids is 2. The smallest absolute Gasteiger partial charge is 0.475 e. The lowest BCUT2D eigenvalue weighted by Gasteiger charge is -2.44. The van der Waals surface area contributed by atoms with Crippen molar-refractivity contribution in [2.24, 2.45) is 5.41 Å². The summed E-state index contributed by atoms with van der Waals surface area (Å²) < 4.78 is 65.5. The molecule has 0 aromatic carbocycles. The van der Waals surface area contributed by atoms with E-state index in [1.165, 1.54) is 0 Å². The van der Waals surface area contributed by atoms with Crippen molar-refractivity contribution in [1.29, 1.82) is 0 Å². The second-order valence-corrected chi connectivity index (χ2v) is 8.81. The molecule has 4 rings (SSSR count). The zero-order chi connectivity index (χ0) is 29.4. The van der Waals surface area contributed by atoms with Gasteiger partial charge in [0.1, 0.15) is 5.82 Å². The summed E-state index contributed by atoms with van der Waals surface area (Å²) in [6.45, 7) is 3.92. The maximum atomic E-state index is 12.0.